The molecule has 0 N–H and O–H groups in total. The molecule has 1 aliphatic rings. The van der Waals surface area contributed by atoms with Gasteiger partial charge in [0.25, 0.3) is 0 Å². The second-order valence-electron chi connectivity index (χ2n) is 17.2. The monoisotopic (exact) mass is 750 g/mol. The number of para-hydroxylation sites is 3. The summed E-state index contributed by atoms with van der Waals surface area (Å²) in [5, 5.41) is 5.21. The number of nitrogens with zero attached hydrogens (tertiary/aromatic N) is 2. The van der Waals surface area contributed by atoms with E-state index >= 15 is 0 Å². The van der Waals surface area contributed by atoms with Crippen LogP contribution in [0.25, 0.3) is 60.5 Å². The van der Waals surface area contributed by atoms with Crippen LogP contribution in [0.15, 0.2) is 182 Å². The molecule has 0 atom stereocenters. The maximum absolute atomic E-state index is 2.56. The highest BCUT2D eigenvalue weighted by Gasteiger charge is 2.26. The summed E-state index contributed by atoms with van der Waals surface area (Å²) in [5.74, 6) is 0.581. The average molecular weight is 751 g/mol. The van der Waals surface area contributed by atoms with Crippen LogP contribution < -0.4 is 4.90 Å². The summed E-state index contributed by atoms with van der Waals surface area (Å²) in [5.41, 5.74) is 14.7. The Balaban J connectivity index is 1.29. The van der Waals surface area contributed by atoms with Gasteiger partial charge >= 0.3 is 0 Å². The molecule has 1 fully saturated rings. The van der Waals surface area contributed by atoms with Crippen LogP contribution >= 0.6 is 0 Å². The summed E-state index contributed by atoms with van der Waals surface area (Å²) in [4.78, 5) is 2.56. The highest BCUT2D eigenvalue weighted by Crippen LogP contribution is 2.49. The quantitative estimate of drug-likeness (QED) is 0.157. The molecule has 0 bridgehead atoms. The normalized spacial score (nSPS) is 13.7. The van der Waals surface area contributed by atoms with Gasteiger partial charge in [-0.15, -0.1) is 0 Å². The van der Waals surface area contributed by atoms with E-state index in [1.807, 2.05) is 0 Å². The third-order valence-electron chi connectivity index (χ3n) is 12.5. The molecule has 1 saturated carbocycles. The van der Waals surface area contributed by atoms with E-state index in [1.54, 1.807) is 0 Å². The molecule has 9 aromatic rings. The Hall–Kier alpha value is -6.38. The van der Waals surface area contributed by atoms with Crippen molar-refractivity contribution in [2.75, 3.05) is 4.90 Å². The number of rotatable bonds is 7. The highest BCUT2D eigenvalue weighted by atomic mass is 15.2. The van der Waals surface area contributed by atoms with Crippen LogP contribution in [0.1, 0.15) is 69.9 Å². The number of hydrogen-bond acceptors (Lipinski definition) is 1. The fourth-order valence-corrected chi connectivity index (χ4v) is 9.65. The molecule has 0 amide bonds. The Morgan fingerprint density at radius 1 is 0.500 bits per heavy atom. The molecule has 2 nitrogen and oxygen atoms in total. The van der Waals surface area contributed by atoms with Crippen molar-refractivity contribution in [2.45, 2.75) is 64.2 Å². The minimum atomic E-state index is -0.0522. The summed E-state index contributed by atoms with van der Waals surface area (Å²) in [7, 11) is 0. The lowest BCUT2D eigenvalue weighted by molar-refractivity contribution is 0.445. The summed E-state index contributed by atoms with van der Waals surface area (Å²) >= 11 is 0. The molecule has 2 heteroatoms. The Morgan fingerprint density at radius 2 is 1.17 bits per heavy atom. The number of fused-ring (bicyclic) bond motifs is 4. The van der Waals surface area contributed by atoms with Crippen LogP contribution in [0.2, 0.25) is 0 Å². The Kier molecular flexibility index (Phi) is 9.21. The summed E-state index contributed by atoms with van der Waals surface area (Å²) < 4.78 is 2.43. The second-order valence-corrected chi connectivity index (χ2v) is 17.2. The Labute approximate surface area is 343 Å². The number of aromatic nitrogens is 1. The zero-order valence-electron chi connectivity index (χ0n) is 33.8. The first-order valence-corrected chi connectivity index (χ1v) is 21.1. The van der Waals surface area contributed by atoms with Crippen molar-refractivity contribution in [1.29, 1.82) is 0 Å². The van der Waals surface area contributed by atoms with Gasteiger partial charge < -0.3 is 9.47 Å². The fraction of sp³-hybridized carbons (Fsp3) is 0.179. The van der Waals surface area contributed by atoms with Gasteiger partial charge in [-0.2, -0.15) is 0 Å². The van der Waals surface area contributed by atoms with Gasteiger partial charge in [-0.1, -0.05) is 180 Å². The number of hydrogen-bond donors (Lipinski definition) is 0. The third kappa shape index (κ3) is 6.38. The van der Waals surface area contributed by atoms with E-state index in [4.69, 9.17) is 0 Å². The smallest absolute Gasteiger partial charge is 0.0561 e. The molecular formula is C56H50N2. The molecule has 0 radical (unpaired) electrons. The Morgan fingerprint density at radius 3 is 1.97 bits per heavy atom. The van der Waals surface area contributed by atoms with Gasteiger partial charge in [0.05, 0.1) is 22.4 Å². The minimum absolute atomic E-state index is 0.0522. The molecule has 1 aliphatic carbocycles. The standard InChI is InChI=1S/C56H50N2/c1-56(2,3)42-33-35-45(39-19-7-4-8-20-39)53(37-42)58(44-34-36-49-47-27-13-15-31-51(47)57(54(49)38-44)43-25-11-6-12-26-43)52-32-16-14-28-48(52)50-30-18-24-41-23-17-29-46(55(41)50)40-21-9-5-10-22-40/h4,6-8,11-20,23-38,40H,5,9-10,21-22H2,1-3H3. The topological polar surface area (TPSA) is 8.17 Å². The van der Waals surface area contributed by atoms with Gasteiger partial charge in [-0.3, -0.25) is 0 Å². The molecule has 0 saturated heterocycles. The van der Waals surface area contributed by atoms with Crippen LogP contribution in [-0.2, 0) is 5.41 Å². The van der Waals surface area contributed by atoms with Crippen molar-refractivity contribution < 1.29 is 0 Å². The van der Waals surface area contributed by atoms with E-state index in [0.717, 1.165) is 11.4 Å². The van der Waals surface area contributed by atoms with Gasteiger partial charge in [0.1, 0.15) is 0 Å². The van der Waals surface area contributed by atoms with E-state index in [2.05, 4.69) is 212 Å². The van der Waals surface area contributed by atoms with Crippen molar-refractivity contribution >= 4 is 49.6 Å². The summed E-state index contributed by atoms with van der Waals surface area (Å²) in [6, 6.07) is 67.8. The third-order valence-corrected chi connectivity index (χ3v) is 12.5. The SMILES string of the molecule is CC(C)(C)c1ccc(-c2ccccc2)c(N(c2ccc3c4ccccc4n(-c4ccccc4)c3c2)c2ccccc2-c2cccc3cccc(C4CCCCC4)c23)c1. The van der Waals surface area contributed by atoms with Crippen LogP contribution in [0.4, 0.5) is 17.1 Å². The van der Waals surface area contributed by atoms with Gasteiger partial charge in [-0.25, -0.2) is 0 Å². The Bertz CT molecular complexity index is 2900. The van der Waals surface area contributed by atoms with Crippen LogP contribution in [0, 0.1) is 0 Å². The first kappa shape index (κ1) is 36.0. The van der Waals surface area contributed by atoms with Crippen molar-refractivity contribution in [2.24, 2.45) is 0 Å². The number of benzene rings is 8. The van der Waals surface area contributed by atoms with E-state index in [9.17, 15) is 0 Å². The van der Waals surface area contributed by atoms with Gasteiger partial charge in [0.2, 0.25) is 0 Å². The van der Waals surface area contributed by atoms with Gasteiger partial charge in [0, 0.05) is 33.3 Å². The first-order valence-electron chi connectivity index (χ1n) is 21.1. The molecular weight excluding hydrogens is 701 g/mol. The predicted octanol–water partition coefficient (Wildman–Crippen LogP) is 16.1. The zero-order valence-corrected chi connectivity index (χ0v) is 33.8. The van der Waals surface area contributed by atoms with Crippen molar-refractivity contribution in [3.8, 4) is 27.9 Å². The summed E-state index contributed by atoms with van der Waals surface area (Å²) in [6.45, 7) is 6.96. The molecule has 0 spiro atoms. The van der Waals surface area contributed by atoms with E-state index < -0.39 is 0 Å². The van der Waals surface area contributed by atoms with Crippen LogP contribution in [-0.4, -0.2) is 4.57 Å². The lowest BCUT2D eigenvalue weighted by Gasteiger charge is -2.32. The van der Waals surface area contributed by atoms with Crippen LogP contribution in [0.3, 0.4) is 0 Å². The van der Waals surface area contributed by atoms with Crippen molar-refractivity contribution in [1.82, 2.24) is 4.57 Å². The van der Waals surface area contributed by atoms with Crippen molar-refractivity contribution in [3.63, 3.8) is 0 Å². The van der Waals surface area contributed by atoms with Crippen LogP contribution in [0.5, 0.6) is 0 Å². The number of anilines is 3. The lowest BCUT2D eigenvalue weighted by atomic mass is 9.80. The molecule has 10 rings (SSSR count). The molecule has 0 unspecified atom stereocenters. The fourth-order valence-electron chi connectivity index (χ4n) is 9.65. The largest absolute Gasteiger partial charge is 0.309 e. The molecule has 0 aliphatic heterocycles. The van der Waals surface area contributed by atoms with E-state index in [1.165, 1.54) is 109 Å². The molecule has 1 heterocycles. The molecule has 1 aromatic heterocycles. The molecule has 58 heavy (non-hydrogen) atoms. The first-order chi connectivity index (χ1) is 28.4. The second kappa shape index (κ2) is 14.8. The molecule has 284 valence electrons. The summed E-state index contributed by atoms with van der Waals surface area (Å²) in [6.07, 6.45) is 6.48. The van der Waals surface area contributed by atoms with E-state index in [-0.39, 0.29) is 5.41 Å². The highest BCUT2D eigenvalue weighted by molar-refractivity contribution is 6.11. The van der Waals surface area contributed by atoms with Gasteiger partial charge in [-0.05, 0) is 99.7 Å². The van der Waals surface area contributed by atoms with E-state index in [0.29, 0.717) is 5.92 Å². The predicted molar refractivity (Wildman–Crippen MR) is 248 cm³/mol. The zero-order chi connectivity index (χ0) is 39.2. The molecule has 8 aromatic carbocycles. The minimum Gasteiger partial charge on any atom is -0.309 e. The lowest BCUT2D eigenvalue weighted by Crippen LogP contribution is -2.16. The maximum Gasteiger partial charge on any atom is 0.0561 e. The average Bonchev–Trinajstić information content (AvgIpc) is 3.60. The van der Waals surface area contributed by atoms with Gasteiger partial charge in [0.15, 0.2) is 0 Å². The van der Waals surface area contributed by atoms with Crippen molar-refractivity contribution in [3.05, 3.63) is 193 Å². The maximum atomic E-state index is 2.56.